The van der Waals surface area contributed by atoms with Crippen molar-refractivity contribution >= 4 is 10.0 Å². The largest absolute Gasteiger partial charge is 0.218 e. The van der Waals surface area contributed by atoms with Gasteiger partial charge in [-0.25, -0.2) is 12.7 Å². The molecule has 90 valence electrons. The summed E-state index contributed by atoms with van der Waals surface area (Å²) < 4.78 is 25.1. The molecule has 1 aromatic rings. The third kappa shape index (κ3) is 3.41. The summed E-state index contributed by atoms with van der Waals surface area (Å²) in [5, 5.41) is 8.88. The van der Waals surface area contributed by atoms with Crippen LogP contribution in [0, 0.1) is 11.3 Å². The van der Waals surface area contributed by atoms with Crippen molar-refractivity contribution in [1.82, 2.24) is 4.31 Å². The highest BCUT2D eigenvalue weighted by Gasteiger charge is 2.18. The van der Waals surface area contributed by atoms with Crippen LogP contribution in [0.4, 0.5) is 0 Å². The molecule has 0 spiro atoms. The Labute approximate surface area is 102 Å². The van der Waals surface area contributed by atoms with Gasteiger partial charge in [-0.3, -0.25) is 0 Å². The zero-order valence-electron chi connectivity index (χ0n) is 9.63. The van der Waals surface area contributed by atoms with Crippen molar-refractivity contribution in [3.63, 3.8) is 0 Å². The minimum atomic E-state index is -3.40. The number of sulfonamides is 1. The average molecular weight is 250 g/mol. The van der Waals surface area contributed by atoms with Crippen LogP contribution in [0.1, 0.15) is 11.1 Å². The van der Waals surface area contributed by atoms with Gasteiger partial charge in [0, 0.05) is 13.6 Å². The van der Waals surface area contributed by atoms with Gasteiger partial charge in [-0.2, -0.15) is 5.26 Å². The number of rotatable bonds is 5. The number of hydrogen-bond acceptors (Lipinski definition) is 3. The normalized spacial score (nSPS) is 11.1. The van der Waals surface area contributed by atoms with E-state index in [-0.39, 0.29) is 12.3 Å². The summed E-state index contributed by atoms with van der Waals surface area (Å²) in [4.78, 5) is 0. The van der Waals surface area contributed by atoms with Crippen LogP contribution in [-0.2, 0) is 15.8 Å². The Morgan fingerprint density at radius 1 is 1.47 bits per heavy atom. The predicted molar refractivity (Wildman–Crippen MR) is 66.6 cm³/mol. The zero-order valence-corrected chi connectivity index (χ0v) is 10.4. The summed E-state index contributed by atoms with van der Waals surface area (Å²) >= 11 is 0. The molecule has 0 aliphatic rings. The molecule has 0 atom stereocenters. The third-order valence-electron chi connectivity index (χ3n) is 2.34. The number of nitriles is 1. The molecule has 0 unspecified atom stereocenters. The molecular weight excluding hydrogens is 236 g/mol. The van der Waals surface area contributed by atoms with Crippen LogP contribution in [-0.4, -0.2) is 26.3 Å². The quantitative estimate of drug-likeness (QED) is 0.744. The molecule has 5 heteroatoms. The van der Waals surface area contributed by atoms with Crippen molar-refractivity contribution in [3.05, 3.63) is 48.0 Å². The predicted octanol–water partition coefficient (Wildman–Crippen LogP) is 1.51. The summed E-state index contributed by atoms with van der Waals surface area (Å²) in [5.41, 5.74) is 0.911. The first-order valence-electron chi connectivity index (χ1n) is 5.04. The highest BCUT2D eigenvalue weighted by Crippen LogP contribution is 2.13. The van der Waals surface area contributed by atoms with Crippen molar-refractivity contribution in [2.75, 3.05) is 13.6 Å². The molecule has 4 nitrogen and oxygen atoms in total. The molecule has 0 bridgehead atoms. The molecule has 0 heterocycles. The van der Waals surface area contributed by atoms with Crippen LogP contribution in [0.3, 0.4) is 0 Å². The zero-order chi connectivity index (χ0) is 12.9. The van der Waals surface area contributed by atoms with E-state index in [2.05, 4.69) is 6.58 Å². The van der Waals surface area contributed by atoms with Gasteiger partial charge in [0.2, 0.25) is 10.0 Å². The fourth-order valence-electron chi connectivity index (χ4n) is 1.36. The minimum absolute atomic E-state index is 0.166. The fraction of sp³-hybridized carbons (Fsp3) is 0.250. The van der Waals surface area contributed by atoms with Gasteiger partial charge in [0.05, 0.1) is 17.4 Å². The van der Waals surface area contributed by atoms with Crippen LogP contribution in [0.15, 0.2) is 36.9 Å². The summed E-state index contributed by atoms with van der Waals surface area (Å²) in [6, 6.07) is 8.68. The molecule has 0 aromatic heterocycles. The Bertz CT molecular complexity index is 544. The van der Waals surface area contributed by atoms with Gasteiger partial charge < -0.3 is 0 Å². The Kier molecular flexibility index (Phi) is 4.44. The van der Waals surface area contributed by atoms with Gasteiger partial charge >= 0.3 is 0 Å². The van der Waals surface area contributed by atoms with Crippen LogP contribution in [0.2, 0.25) is 0 Å². The molecule has 1 aromatic carbocycles. The molecule has 0 aliphatic carbocycles. The lowest BCUT2D eigenvalue weighted by Gasteiger charge is -2.15. The Morgan fingerprint density at radius 2 is 2.12 bits per heavy atom. The van der Waals surface area contributed by atoms with Crippen molar-refractivity contribution < 1.29 is 8.42 Å². The van der Waals surface area contributed by atoms with Crippen molar-refractivity contribution in [1.29, 1.82) is 5.26 Å². The number of likely N-dealkylation sites (N-methyl/N-ethyl adjacent to an activating group) is 1. The summed E-state index contributed by atoms with van der Waals surface area (Å²) in [6.07, 6.45) is 1.52. The van der Waals surface area contributed by atoms with Gasteiger partial charge in [-0.05, 0) is 11.6 Å². The number of nitrogens with zero attached hydrogens (tertiary/aromatic N) is 2. The first kappa shape index (κ1) is 13.4. The van der Waals surface area contributed by atoms with E-state index in [1.165, 1.54) is 17.4 Å². The Balaban J connectivity index is 2.99. The third-order valence-corrected chi connectivity index (χ3v) is 4.11. The van der Waals surface area contributed by atoms with E-state index in [0.717, 1.165) is 0 Å². The lowest BCUT2D eigenvalue weighted by atomic mass is 10.1. The van der Waals surface area contributed by atoms with E-state index in [9.17, 15) is 8.42 Å². The number of hydrogen-bond donors (Lipinski definition) is 0. The lowest BCUT2D eigenvalue weighted by molar-refractivity contribution is 0.498. The molecule has 0 saturated carbocycles. The second-order valence-electron chi connectivity index (χ2n) is 3.59. The van der Waals surface area contributed by atoms with Crippen LogP contribution in [0.25, 0.3) is 0 Å². The van der Waals surface area contributed by atoms with Crippen molar-refractivity contribution in [3.8, 4) is 6.07 Å². The first-order valence-corrected chi connectivity index (χ1v) is 6.65. The Hall–Kier alpha value is -1.64. The van der Waals surface area contributed by atoms with E-state index in [1.54, 1.807) is 24.3 Å². The Morgan fingerprint density at radius 3 is 2.71 bits per heavy atom. The van der Waals surface area contributed by atoms with E-state index in [1.807, 2.05) is 6.07 Å². The van der Waals surface area contributed by atoms with Gasteiger partial charge in [-0.15, -0.1) is 6.58 Å². The molecule has 0 aliphatic heterocycles. The maximum atomic E-state index is 11.9. The fourth-order valence-corrected chi connectivity index (χ4v) is 2.55. The molecule has 17 heavy (non-hydrogen) atoms. The SMILES string of the molecule is C=CCN(C)S(=O)(=O)Cc1ccccc1C#N. The first-order chi connectivity index (χ1) is 8.01. The van der Waals surface area contributed by atoms with Crippen molar-refractivity contribution in [2.24, 2.45) is 0 Å². The topological polar surface area (TPSA) is 61.2 Å². The van der Waals surface area contributed by atoms with Gasteiger partial charge in [0.25, 0.3) is 0 Å². The van der Waals surface area contributed by atoms with Crippen LogP contribution >= 0.6 is 0 Å². The molecule has 0 N–H and O–H groups in total. The maximum Gasteiger partial charge on any atom is 0.218 e. The average Bonchev–Trinajstić information content (AvgIpc) is 2.29. The van der Waals surface area contributed by atoms with E-state index < -0.39 is 10.0 Å². The van der Waals surface area contributed by atoms with Gasteiger partial charge in [0.15, 0.2) is 0 Å². The second kappa shape index (κ2) is 5.62. The monoisotopic (exact) mass is 250 g/mol. The number of benzene rings is 1. The molecule has 0 fully saturated rings. The molecule has 0 saturated heterocycles. The van der Waals surface area contributed by atoms with E-state index >= 15 is 0 Å². The summed E-state index contributed by atoms with van der Waals surface area (Å²) in [5.74, 6) is -0.166. The molecule has 0 radical (unpaired) electrons. The van der Waals surface area contributed by atoms with Crippen LogP contribution < -0.4 is 0 Å². The highest BCUT2D eigenvalue weighted by molar-refractivity contribution is 7.88. The maximum absolute atomic E-state index is 11.9. The van der Waals surface area contributed by atoms with Crippen LogP contribution in [0.5, 0.6) is 0 Å². The van der Waals surface area contributed by atoms with Gasteiger partial charge in [-0.1, -0.05) is 24.3 Å². The second-order valence-corrected chi connectivity index (χ2v) is 5.67. The molecule has 1 rings (SSSR count). The minimum Gasteiger partial charge on any atom is -0.212 e. The summed E-state index contributed by atoms with van der Waals surface area (Å²) in [6.45, 7) is 3.76. The molecule has 0 amide bonds. The lowest BCUT2D eigenvalue weighted by Crippen LogP contribution is -2.28. The van der Waals surface area contributed by atoms with E-state index in [4.69, 9.17) is 5.26 Å². The van der Waals surface area contributed by atoms with E-state index in [0.29, 0.717) is 11.1 Å². The highest BCUT2D eigenvalue weighted by atomic mass is 32.2. The van der Waals surface area contributed by atoms with Crippen molar-refractivity contribution in [2.45, 2.75) is 5.75 Å². The standard InChI is InChI=1S/C12H14N2O2S/c1-3-8-14(2)17(15,16)10-12-7-5-4-6-11(12)9-13/h3-7H,1,8,10H2,2H3. The smallest absolute Gasteiger partial charge is 0.212 e. The summed E-state index contributed by atoms with van der Waals surface area (Å²) in [7, 11) is -1.91. The molecular formula is C12H14N2O2S. The van der Waals surface area contributed by atoms with Gasteiger partial charge in [0.1, 0.15) is 0 Å².